The van der Waals surface area contributed by atoms with Crippen molar-refractivity contribution in [3.63, 3.8) is 0 Å². The van der Waals surface area contributed by atoms with Crippen LogP contribution in [0.2, 0.25) is 10.0 Å². The number of halogens is 2. The van der Waals surface area contributed by atoms with E-state index in [0.717, 1.165) is 37.4 Å². The standard InChI is InChI=1S/C20H25Cl2N3O2/c1-12-18(13-5-6-15(27-4)17(22)16(13)21)24-14(11-26)19(23-12)25-9-7-20(2,3)8-10-25/h5-6,26H,7-11H2,1-4H3. The molecule has 2 heterocycles. The van der Waals surface area contributed by atoms with E-state index >= 15 is 0 Å². The van der Waals surface area contributed by atoms with E-state index in [2.05, 4.69) is 18.7 Å². The Kier molecular flexibility index (Phi) is 5.84. The maximum atomic E-state index is 9.91. The maximum absolute atomic E-state index is 9.91. The van der Waals surface area contributed by atoms with Gasteiger partial charge in [0.1, 0.15) is 16.5 Å². The molecule has 0 spiro atoms. The number of anilines is 1. The highest BCUT2D eigenvalue weighted by molar-refractivity contribution is 6.44. The molecule has 0 aliphatic carbocycles. The summed E-state index contributed by atoms with van der Waals surface area (Å²) in [5, 5.41) is 10.6. The first-order valence-electron chi connectivity index (χ1n) is 9.03. The van der Waals surface area contributed by atoms with E-state index in [9.17, 15) is 5.11 Å². The molecule has 1 aromatic heterocycles. The Labute approximate surface area is 170 Å². The van der Waals surface area contributed by atoms with Crippen LogP contribution in [0.15, 0.2) is 12.1 Å². The average molecular weight is 410 g/mol. The largest absolute Gasteiger partial charge is 0.495 e. The lowest BCUT2D eigenvalue weighted by molar-refractivity contribution is 0.268. The van der Waals surface area contributed by atoms with Crippen molar-refractivity contribution in [2.75, 3.05) is 25.1 Å². The molecule has 146 valence electrons. The fourth-order valence-electron chi connectivity index (χ4n) is 3.35. The molecule has 1 fully saturated rings. The minimum atomic E-state index is -0.184. The van der Waals surface area contributed by atoms with Crippen LogP contribution in [0.5, 0.6) is 5.75 Å². The normalized spacial score (nSPS) is 16.5. The summed E-state index contributed by atoms with van der Waals surface area (Å²) in [4.78, 5) is 11.7. The SMILES string of the molecule is COc1ccc(-c2nc(CO)c(N3CCC(C)(C)CC3)nc2C)c(Cl)c1Cl. The predicted molar refractivity (Wildman–Crippen MR) is 110 cm³/mol. The Morgan fingerprint density at radius 1 is 1.15 bits per heavy atom. The second-order valence-electron chi connectivity index (χ2n) is 7.68. The Hall–Kier alpha value is -1.56. The Bertz CT molecular complexity index is 846. The Morgan fingerprint density at radius 3 is 2.41 bits per heavy atom. The van der Waals surface area contributed by atoms with Crippen LogP contribution in [0, 0.1) is 12.3 Å². The molecule has 1 aromatic carbocycles. The summed E-state index contributed by atoms with van der Waals surface area (Å²) in [7, 11) is 1.54. The van der Waals surface area contributed by atoms with E-state index in [1.165, 1.54) is 0 Å². The van der Waals surface area contributed by atoms with Gasteiger partial charge in [-0.25, -0.2) is 9.97 Å². The van der Waals surface area contributed by atoms with Crippen LogP contribution in [0.4, 0.5) is 5.82 Å². The lowest BCUT2D eigenvalue weighted by atomic mass is 9.82. The number of aliphatic hydroxyl groups is 1. The van der Waals surface area contributed by atoms with Crippen LogP contribution in [0.1, 0.15) is 38.1 Å². The third-order valence-corrected chi connectivity index (χ3v) is 6.07. The molecule has 3 rings (SSSR count). The van der Waals surface area contributed by atoms with Crippen molar-refractivity contribution in [2.45, 2.75) is 40.2 Å². The third-order valence-electron chi connectivity index (χ3n) is 5.21. The van der Waals surface area contributed by atoms with Crippen molar-refractivity contribution in [3.8, 4) is 17.0 Å². The molecule has 0 radical (unpaired) electrons. The van der Waals surface area contributed by atoms with Crippen molar-refractivity contribution in [3.05, 3.63) is 33.6 Å². The van der Waals surface area contributed by atoms with Crippen LogP contribution in [-0.4, -0.2) is 35.3 Å². The van der Waals surface area contributed by atoms with E-state index in [1.807, 2.05) is 13.0 Å². The Balaban J connectivity index is 2.02. The van der Waals surface area contributed by atoms with Crippen LogP contribution in [-0.2, 0) is 6.61 Å². The van der Waals surface area contributed by atoms with Gasteiger partial charge in [-0.2, -0.15) is 0 Å². The van der Waals surface area contributed by atoms with Gasteiger partial charge < -0.3 is 14.7 Å². The van der Waals surface area contributed by atoms with Gasteiger partial charge in [0, 0.05) is 18.7 Å². The van der Waals surface area contributed by atoms with Gasteiger partial charge in [0.25, 0.3) is 0 Å². The molecule has 0 bridgehead atoms. The number of hydrogen-bond donors (Lipinski definition) is 1. The summed E-state index contributed by atoms with van der Waals surface area (Å²) >= 11 is 12.7. The number of aromatic nitrogens is 2. The number of piperidine rings is 1. The number of rotatable bonds is 4. The second kappa shape index (κ2) is 7.82. The first-order valence-corrected chi connectivity index (χ1v) is 9.78. The molecular formula is C20H25Cl2N3O2. The first-order chi connectivity index (χ1) is 12.8. The summed E-state index contributed by atoms with van der Waals surface area (Å²) in [6.07, 6.45) is 2.17. The van der Waals surface area contributed by atoms with Crippen molar-refractivity contribution >= 4 is 29.0 Å². The van der Waals surface area contributed by atoms with Crippen LogP contribution >= 0.6 is 23.2 Å². The van der Waals surface area contributed by atoms with Crippen LogP contribution < -0.4 is 9.64 Å². The fraction of sp³-hybridized carbons (Fsp3) is 0.500. The maximum Gasteiger partial charge on any atom is 0.153 e. The molecule has 0 unspecified atom stereocenters. The summed E-state index contributed by atoms with van der Waals surface area (Å²) in [6, 6.07) is 3.57. The number of benzene rings is 1. The number of hydrogen-bond acceptors (Lipinski definition) is 5. The smallest absolute Gasteiger partial charge is 0.153 e. The van der Waals surface area contributed by atoms with Gasteiger partial charge in [-0.05, 0) is 37.3 Å². The molecule has 5 nitrogen and oxygen atoms in total. The average Bonchev–Trinajstić information content (AvgIpc) is 2.64. The predicted octanol–water partition coefficient (Wildman–Crippen LogP) is 4.89. The van der Waals surface area contributed by atoms with E-state index in [1.54, 1.807) is 13.2 Å². The lowest BCUT2D eigenvalue weighted by Crippen LogP contribution is -2.38. The summed E-state index contributed by atoms with van der Waals surface area (Å²) < 4.78 is 5.21. The van der Waals surface area contributed by atoms with Crippen molar-refractivity contribution in [2.24, 2.45) is 5.41 Å². The molecule has 7 heteroatoms. The van der Waals surface area contributed by atoms with Gasteiger partial charge in [0.05, 0.1) is 30.1 Å². The van der Waals surface area contributed by atoms with Gasteiger partial charge in [0.2, 0.25) is 0 Å². The summed E-state index contributed by atoms with van der Waals surface area (Å²) in [5.41, 5.74) is 2.93. The number of nitrogens with zero attached hydrogens (tertiary/aromatic N) is 3. The monoisotopic (exact) mass is 409 g/mol. The van der Waals surface area contributed by atoms with Gasteiger partial charge in [0.15, 0.2) is 5.82 Å². The van der Waals surface area contributed by atoms with Crippen molar-refractivity contribution < 1.29 is 9.84 Å². The van der Waals surface area contributed by atoms with Gasteiger partial charge in [-0.3, -0.25) is 0 Å². The fourth-order valence-corrected chi connectivity index (χ4v) is 3.84. The molecule has 27 heavy (non-hydrogen) atoms. The highest BCUT2D eigenvalue weighted by atomic mass is 35.5. The minimum absolute atomic E-state index is 0.184. The minimum Gasteiger partial charge on any atom is -0.495 e. The van der Waals surface area contributed by atoms with Crippen molar-refractivity contribution in [1.82, 2.24) is 9.97 Å². The summed E-state index contributed by atoms with van der Waals surface area (Å²) in [5.74, 6) is 1.26. The zero-order valence-electron chi connectivity index (χ0n) is 16.1. The molecule has 0 atom stereocenters. The van der Waals surface area contributed by atoms with Crippen molar-refractivity contribution in [1.29, 1.82) is 0 Å². The highest BCUT2D eigenvalue weighted by Crippen LogP contribution is 2.40. The quantitative estimate of drug-likeness (QED) is 0.778. The Morgan fingerprint density at radius 2 is 1.81 bits per heavy atom. The molecule has 1 saturated heterocycles. The zero-order valence-corrected chi connectivity index (χ0v) is 17.7. The second-order valence-corrected chi connectivity index (χ2v) is 8.44. The van der Waals surface area contributed by atoms with E-state index < -0.39 is 0 Å². The first kappa shape index (κ1) is 20.2. The van der Waals surface area contributed by atoms with Gasteiger partial charge in [-0.1, -0.05) is 37.0 Å². The van der Waals surface area contributed by atoms with Gasteiger partial charge in [-0.15, -0.1) is 0 Å². The molecule has 1 aliphatic rings. The highest BCUT2D eigenvalue weighted by Gasteiger charge is 2.28. The van der Waals surface area contributed by atoms with E-state index in [4.69, 9.17) is 37.9 Å². The van der Waals surface area contributed by atoms with E-state index in [0.29, 0.717) is 38.2 Å². The number of ether oxygens (including phenoxy) is 1. The molecule has 2 aromatic rings. The number of aliphatic hydroxyl groups excluding tert-OH is 1. The molecule has 0 saturated carbocycles. The molecule has 0 amide bonds. The lowest BCUT2D eigenvalue weighted by Gasteiger charge is -2.38. The molecule has 1 N–H and O–H groups in total. The van der Waals surface area contributed by atoms with Crippen LogP contribution in [0.25, 0.3) is 11.3 Å². The molecule has 1 aliphatic heterocycles. The van der Waals surface area contributed by atoms with E-state index in [-0.39, 0.29) is 6.61 Å². The summed E-state index contributed by atoms with van der Waals surface area (Å²) in [6.45, 7) is 8.09. The molecular weight excluding hydrogens is 385 g/mol. The van der Waals surface area contributed by atoms with Crippen LogP contribution in [0.3, 0.4) is 0 Å². The number of methoxy groups -OCH3 is 1. The number of aryl methyl sites for hydroxylation is 1. The third kappa shape index (κ3) is 4.00. The topological polar surface area (TPSA) is 58.5 Å². The van der Waals surface area contributed by atoms with Gasteiger partial charge >= 0.3 is 0 Å². The zero-order chi connectivity index (χ0) is 19.8.